The average Bonchev–Trinajstić information content (AvgIpc) is 1.55. The van der Waals surface area contributed by atoms with Crippen LogP contribution in [0.15, 0.2) is 282 Å². The van der Waals surface area contributed by atoms with Crippen LogP contribution in [-0.2, 0) is 28.6 Å². The van der Waals surface area contributed by atoms with Crippen molar-refractivity contribution in [1.29, 1.82) is 0 Å². The molecule has 6 nitrogen and oxygen atoms in total. The second kappa shape index (κ2) is 33.4. The summed E-state index contributed by atoms with van der Waals surface area (Å²) in [5, 5.41) is 4.93. The van der Waals surface area contributed by atoms with Gasteiger partial charge in [0.2, 0.25) is 0 Å². The van der Waals surface area contributed by atoms with Crippen molar-refractivity contribution >= 4 is 135 Å². The van der Waals surface area contributed by atoms with Gasteiger partial charge in [-0.3, -0.25) is 0 Å². The topological polar surface area (TPSA) is 38.2 Å². The molecule has 0 saturated carbocycles. The molecule has 0 aliphatic carbocycles. The predicted octanol–water partition coefficient (Wildman–Crippen LogP) is 28.1. The standard InChI is InChI=1S/C52H50N2.C26H16Br2N2.C19H29BO2.H2/c1-3-5-9-15-39-21-25-41(26-22-39)29-31-43-33-35-47-49(37-43)53(45-17-11-7-12-18-45)52-48-36-34-44(32-30-42-27-23-40(24-28-42)16-10-6-4-2)38-50(48)54(51(47)52)46-19-13-8-14-20-46;27-17-11-13-21-23(15-17)29(19-7-3-1-4-8-19)25-22-14-12-18(28)16-24(22)30(26(21)25)20-9-5-2-6-10-20;1-6-7-8-9-16-10-12-17(13-11-16)14-15-20-21-18(2,3)19(4,5)22-20;/h7-8,11-14,17-38H,3-6,9-10,15-16H2,1-2H3;1-16H;10-15H,6-9H2,1-5H3;1H/b31-29+,32-30+;;15-14+;. The summed E-state index contributed by atoms with van der Waals surface area (Å²) in [4.78, 5) is 0. The molecule has 1 aliphatic heterocycles. The number of unbranched alkanes of at least 4 members (excludes halogenated alkanes) is 6. The van der Waals surface area contributed by atoms with Crippen molar-refractivity contribution < 1.29 is 10.7 Å². The number of nitrogens with zero attached hydrogens (tertiary/aromatic N) is 4. The van der Waals surface area contributed by atoms with E-state index in [0.717, 1.165) is 44.5 Å². The Hall–Kier alpha value is -9.74. The van der Waals surface area contributed by atoms with E-state index in [9.17, 15) is 0 Å². The number of aryl methyl sites for hydroxylation is 3. The van der Waals surface area contributed by atoms with E-state index < -0.39 is 0 Å². The Bertz CT molecular complexity index is 5260. The van der Waals surface area contributed by atoms with Gasteiger partial charge in [-0.25, -0.2) is 0 Å². The van der Waals surface area contributed by atoms with E-state index in [0.29, 0.717) is 0 Å². The largest absolute Gasteiger partial charge is 0.487 e. The van der Waals surface area contributed by atoms with Gasteiger partial charge in [0.25, 0.3) is 0 Å². The number of aromatic nitrogens is 4. The predicted molar refractivity (Wildman–Crippen MR) is 465 cm³/mol. The van der Waals surface area contributed by atoms with Gasteiger partial charge in [0.15, 0.2) is 0 Å². The Morgan fingerprint density at radius 1 is 0.311 bits per heavy atom. The molecule has 5 heterocycles. The van der Waals surface area contributed by atoms with Crippen LogP contribution in [0.4, 0.5) is 0 Å². The lowest BCUT2D eigenvalue weighted by Gasteiger charge is -2.32. The number of rotatable bonds is 22. The molecule has 0 amide bonds. The Labute approximate surface area is 645 Å². The molecular weight excluding hydrogens is 1420 g/mol. The molecule has 1 saturated heterocycles. The molecule has 0 spiro atoms. The van der Waals surface area contributed by atoms with Crippen LogP contribution in [0.1, 0.15) is 152 Å². The van der Waals surface area contributed by atoms with Crippen LogP contribution < -0.4 is 0 Å². The van der Waals surface area contributed by atoms with Crippen LogP contribution in [0.3, 0.4) is 0 Å². The number of fused-ring (bicyclic) bond motifs is 10. The lowest BCUT2D eigenvalue weighted by atomic mass is 9.89. The Morgan fingerprint density at radius 3 is 0.877 bits per heavy atom. The monoisotopic (exact) mass is 1520 g/mol. The highest BCUT2D eigenvalue weighted by atomic mass is 79.9. The number of para-hydroxylation sites is 4. The minimum atomic E-state index is -0.273. The number of benzene rings is 11. The molecule has 534 valence electrons. The van der Waals surface area contributed by atoms with Gasteiger partial charge in [-0.15, -0.1) is 0 Å². The van der Waals surface area contributed by atoms with E-state index in [2.05, 4.69) is 396 Å². The molecule has 0 N–H and O–H groups in total. The molecule has 9 heteroatoms. The quantitative estimate of drug-likeness (QED) is 0.0385. The van der Waals surface area contributed by atoms with E-state index in [-0.39, 0.29) is 19.7 Å². The second-order valence-corrected chi connectivity index (χ2v) is 31.0. The van der Waals surface area contributed by atoms with Gasteiger partial charge in [-0.05, 0) is 208 Å². The van der Waals surface area contributed by atoms with Crippen LogP contribution in [-0.4, -0.2) is 36.6 Å². The normalized spacial score (nSPS) is 13.5. The van der Waals surface area contributed by atoms with Gasteiger partial charge < -0.3 is 27.6 Å². The fourth-order valence-corrected chi connectivity index (χ4v) is 15.5. The van der Waals surface area contributed by atoms with Crippen molar-refractivity contribution in [3.8, 4) is 22.7 Å². The van der Waals surface area contributed by atoms with Crippen molar-refractivity contribution in [3.63, 3.8) is 0 Å². The summed E-state index contributed by atoms with van der Waals surface area (Å²) < 4.78 is 23.8. The van der Waals surface area contributed by atoms with E-state index >= 15 is 0 Å². The zero-order valence-corrected chi connectivity index (χ0v) is 65.5. The zero-order chi connectivity index (χ0) is 73.2. The van der Waals surface area contributed by atoms with Crippen LogP contribution in [0.25, 0.3) is 119 Å². The molecule has 4 aromatic heterocycles. The maximum Gasteiger partial charge on any atom is 0.487 e. The van der Waals surface area contributed by atoms with Gasteiger partial charge in [-0.1, -0.05) is 297 Å². The molecule has 15 aromatic rings. The highest BCUT2D eigenvalue weighted by Crippen LogP contribution is 2.45. The highest BCUT2D eigenvalue weighted by molar-refractivity contribution is 9.10. The molecular formula is C97H97BBr2N4O2. The number of hydrogen-bond donors (Lipinski definition) is 0. The number of halogens is 2. The molecule has 106 heavy (non-hydrogen) atoms. The smallest absolute Gasteiger partial charge is 0.400 e. The lowest BCUT2D eigenvalue weighted by Crippen LogP contribution is -2.41. The lowest BCUT2D eigenvalue weighted by molar-refractivity contribution is 0.00578. The van der Waals surface area contributed by atoms with E-state index in [1.165, 1.54) is 174 Å². The van der Waals surface area contributed by atoms with Crippen molar-refractivity contribution in [1.82, 2.24) is 18.3 Å². The van der Waals surface area contributed by atoms with Gasteiger partial charge in [0.05, 0.1) is 55.3 Å². The molecule has 16 rings (SSSR count). The first-order valence-electron chi connectivity index (χ1n) is 38.2. The van der Waals surface area contributed by atoms with Gasteiger partial charge in [0.1, 0.15) is 0 Å². The second-order valence-electron chi connectivity index (χ2n) is 29.2. The van der Waals surface area contributed by atoms with E-state index in [4.69, 9.17) is 9.31 Å². The average molecular weight is 1520 g/mol. The fraction of sp³-hybridized carbons (Fsp3) is 0.216. The SMILES string of the molecule is Brc1ccc2c(c1)n(-c1ccccc1)c1c3ccc(Br)cc3n(-c3ccccc3)c21.CCCCCc1ccc(/C=C/B2OC(C)(C)C(C)(C)O2)cc1.CCCCCc1ccc(/C=C/c2ccc3c(c2)n(-c2ccccc2)c2c4ccc(/C=C/c5ccc(CCCCC)cc5)cc4n(-c4ccccc4)c32)cc1.[HH]. The van der Waals surface area contributed by atoms with Gasteiger partial charge in [-0.2, -0.15) is 0 Å². The van der Waals surface area contributed by atoms with Crippen LogP contribution >= 0.6 is 31.9 Å². The number of hydrogen-bond acceptors (Lipinski definition) is 2. The Morgan fingerprint density at radius 2 is 0.575 bits per heavy atom. The van der Waals surface area contributed by atoms with Crippen LogP contribution in [0, 0.1) is 0 Å². The maximum atomic E-state index is 5.97. The van der Waals surface area contributed by atoms with Gasteiger partial charge >= 0.3 is 7.12 Å². The van der Waals surface area contributed by atoms with Crippen molar-refractivity contribution in [3.05, 3.63) is 326 Å². The molecule has 1 aliphatic rings. The first kappa shape index (κ1) is 73.2. The maximum absolute atomic E-state index is 5.97. The van der Waals surface area contributed by atoms with E-state index in [1.807, 2.05) is 5.98 Å². The zero-order valence-electron chi connectivity index (χ0n) is 62.3. The first-order valence-corrected chi connectivity index (χ1v) is 39.8. The third-order valence-electron chi connectivity index (χ3n) is 21.1. The third kappa shape index (κ3) is 16.2. The summed E-state index contributed by atoms with van der Waals surface area (Å²) in [7, 11) is -0.269. The summed E-state index contributed by atoms with van der Waals surface area (Å²) in [6.07, 6.45) is 26.0. The molecule has 0 bridgehead atoms. The van der Waals surface area contributed by atoms with Crippen molar-refractivity contribution in [2.75, 3.05) is 0 Å². The summed E-state index contributed by atoms with van der Waals surface area (Å²) in [5.41, 5.74) is 24.0. The van der Waals surface area contributed by atoms with Crippen LogP contribution in [0.2, 0.25) is 0 Å². The fourth-order valence-electron chi connectivity index (χ4n) is 14.8. The van der Waals surface area contributed by atoms with Crippen LogP contribution in [0.5, 0.6) is 0 Å². The highest BCUT2D eigenvalue weighted by Gasteiger charge is 2.50. The third-order valence-corrected chi connectivity index (χ3v) is 22.1. The molecule has 0 radical (unpaired) electrons. The van der Waals surface area contributed by atoms with Crippen molar-refractivity contribution in [2.45, 2.75) is 137 Å². The van der Waals surface area contributed by atoms with Gasteiger partial charge in [0, 0.05) is 54.7 Å². The first-order chi connectivity index (χ1) is 51.8. The minimum Gasteiger partial charge on any atom is -0.400 e. The molecule has 11 aromatic carbocycles. The Balaban J connectivity index is 0.000000159. The summed E-state index contributed by atoms with van der Waals surface area (Å²) in [5.74, 6) is 2.00. The van der Waals surface area contributed by atoms with Crippen molar-refractivity contribution in [2.24, 2.45) is 0 Å². The summed E-state index contributed by atoms with van der Waals surface area (Å²) in [6, 6.07) is 96.7. The molecule has 1 fully saturated rings. The summed E-state index contributed by atoms with van der Waals surface area (Å²) in [6.45, 7) is 15.1. The summed E-state index contributed by atoms with van der Waals surface area (Å²) >= 11 is 7.36. The Kier molecular flexibility index (Phi) is 23.0. The molecule has 0 unspecified atom stereocenters. The minimum absolute atomic E-state index is 0. The van der Waals surface area contributed by atoms with E-state index in [1.54, 1.807) is 0 Å². The molecule has 0 atom stereocenters.